The third kappa shape index (κ3) is 4.68. The van der Waals surface area contributed by atoms with Gasteiger partial charge >= 0.3 is 5.97 Å². The number of carboxylic acid groups (broad SMARTS) is 1. The van der Waals surface area contributed by atoms with E-state index in [9.17, 15) is 9.59 Å². The molecule has 0 bridgehead atoms. The minimum Gasteiger partial charge on any atom is -0.478 e. The van der Waals surface area contributed by atoms with Crippen molar-refractivity contribution in [3.63, 3.8) is 0 Å². The second-order valence-electron chi connectivity index (χ2n) is 3.67. The summed E-state index contributed by atoms with van der Waals surface area (Å²) in [5, 5.41) is 12.9. The zero-order valence-corrected chi connectivity index (χ0v) is 11.0. The second kappa shape index (κ2) is 6.93. The normalized spacial score (nSPS) is 12.6. The van der Waals surface area contributed by atoms with Gasteiger partial charge in [0.2, 0.25) is 0 Å². The minimum absolute atomic E-state index is 0.0426. The van der Waals surface area contributed by atoms with E-state index in [-0.39, 0.29) is 12.0 Å². The lowest BCUT2D eigenvalue weighted by molar-refractivity contribution is -0.131. The molecule has 1 aromatic heterocycles. The summed E-state index contributed by atoms with van der Waals surface area (Å²) in [5.41, 5.74) is 0.522. The molecular formula is C12H15NO4S. The third-order valence-corrected chi connectivity index (χ3v) is 3.12. The Morgan fingerprint density at radius 3 is 2.94 bits per heavy atom. The monoisotopic (exact) mass is 269 g/mol. The number of nitrogens with one attached hydrogen (secondary N) is 1. The average molecular weight is 269 g/mol. The lowest BCUT2D eigenvalue weighted by Crippen LogP contribution is -2.31. The summed E-state index contributed by atoms with van der Waals surface area (Å²) in [6.45, 7) is 2.29. The van der Waals surface area contributed by atoms with Crippen LogP contribution in [0.15, 0.2) is 17.5 Å². The standard InChI is InChI=1S/C12H15NO4S/c1-8(17-2)6-13-12(16)9-5-10(18-7-9)3-4-11(14)15/h3-5,7-8H,6H2,1-2H3,(H,13,16)(H,14,15)/b4-3+. The SMILES string of the molecule is COC(C)CNC(=O)c1csc(/C=C/C(=O)O)c1. The van der Waals surface area contributed by atoms with Gasteiger partial charge in [-0.15, -0.1) is 11.3 Å². The van der Waals surface area contributed by atoms with Crippen LogP contribution >= 0.6 is 11.3 Å². The van der Waals surface area contributed by atoms with Crippen molar-refractivity contribution in [3.8, 4) is 0 Å². The number of carbonyl (C=O) groups is 2. The minimum atomic E-state index is -1.01. The molecule has 0 aliphatic carbocycles. The van der Waals surface area contributed by atoms with Crippen LogP contribution in [0.3, 0.4) is 0 Å². The van der Waals surface area contributed by atoms with Gasteiger partial charge in [0.25, 0.3) is 5.91 Å². The summed E-state index contributed by atoms with van der Waals surface area (Å²) in [5.74, 6) is -1.20. The van der Waals surface area contributed by atoms with Crippen LogP contribution in [-0.4, -0.2) is 36.7 Å². The largest absolute Gasteiger partial charge is 0.478 e. The average Bonchev–Trinajstić information content (AvgIpc) is 2.81. The molecule has 0 saturated heterocycles. The quantitative estimate of drug-likeness (QED) is 0.769. The van der Waals surface area contributed by atoms with E-state index < -0.39 is 5.97 Å². The number of hydrogen-bond donors (Lipinski definition) is 2. The fourth-order valence-corrected chi connectivity index (χ4v) is 1.91. The Kier molecular flexibility index (Phi) is 5.54. The Balaban J connectivity index is 2.57. The summed E-state index contributed by atoms with van der Waals surface area (Å²) in [4.78, 5) is 22.8. The van der Waals surface area contributed by atoms with Crippen molar-refractivity contribution in [2.75, 3.05) is 13.7 Å². The molecule has 1 amide bonds. The van der Waals surface area contributed by atoms with Crippen molar-refractivity contribution >= 4 is 29.3 Å². The molecule has 5 nitrogen and oxygen atoms in total. The Hall–Kier alpha value is -1.66. The summed E-state index contributed by atoms with van der Waals surface area (Å²) in [7, 11) is 1.58. The molecule has 6 heteroatoms. The van der Waals surface area contributed by atoms with Gasteiger partial charge in [0, 0.05) is 30.0 Å². The molecule has 0 fully saturated rings. The maximum Gasteiger partial charge on any atom is 0.328 e. The molecule has 0 aromatic carbocycles. The first-order valence-corrected chi connectivity index (χ1v) is 6.21. The van der Waals surface area contributed by atoms with Gasteiger partial charge < -0.3 is 15.2 Å². The number of amides is 1. The van der Waals surface area contributed by atoms with Crippen molar-refractivity contribution in [2.45, 2.75) is 13.0 Å². The zero-order valence-electron chi connectivity index (χ0n) is 10.2. The second-order valence-corrected chi connectivity index (χ2v) is 4.61. The Bertz CT molecular complexity index is 453. The van der Waals surface area contributed by atoms with E-state index in [0.29, 0.717) is 12.1 Å². The summed E-state index contributed by atoms with van der Waals surface area (Å²) in [6, 6.07) is 1.65. The maximum absolute atomic E-state index is 11.7. The summed E-state index contributed by atoms with van der Waals surface area (Å²) in [6.07, 6.45) is 2.46. The van der Waals surface area contributed by atoms with E-state index in [2.05, 4.69) is 5.32 Å². The predicted octanol–water partition coefficient (Wildman–Crippen LogP) is 1.61. The van der Waals surface area contributed by atoms with Gasteiger partial charge in [-0.2, -0.15) is 0 Å². The van der Waals surface area contributed by atoms with Crippen molar-refractivity contribution in [3.05, 3.63) is 28.0 Å². The molecule has 1 rings (SSSR count). The highest BCUT2D eigenvalue weighted by Gasteiger charge is 2.09. The van der Waals surface area contributed by atoms with Gasteiger partial charge in [0.15, 0.2) is 0 Å². The van der Waals surface area contributed by atoms with E-state index >= 15 is 0 Å². The zero-order chi connectivity index (χ0) is 13.5. The molecule has 1 unspecified atom stereocenters. The first-order valence-electron chi connectivity index (χ1n) is 5.33. The van der Waals surface area contributed by atoms with Crippen LogP contribution in [0.1, 0.15) is 22.2 Å². The van der Waals surface area contributed by atoms with E-state index in [4.69, 9.17) is 9.84 Å². The molecule has 0 aliphatic rings. The first kappa shape index (κ1) is 14.4. The number of hydrogen-bond acceptors (Lipinski definition) is 4. The number of carboxylic acids is 1. The van der Waals surface area contributed by atoms with E-state index in [1.165, 1.54) is 17.4 Å². The van der Waals surface area contributed by atoms with Crippen molar-refractivity contribution < 1.29 is 19.4 Å². The Labute approximate surface area is 109 Å². The van der Waals surface area contributed by atoms with Gasteiger partial charge in [-0.1, -0.05) is 0 Å². The molecule has 0 saturated carbocycles. The van der Waals surface area contributed by atoms with Crippen LogP contribution in [0, 0.1) is 0 Å². The predicted molar refractivity (Wildman–Crippen MR) is 69.8 cm³/mol. The topological polar surface area (TPSA) is 75.6 Å². The van der Waals surface area contributed by atoms with Gasteiger partial charge in [-0.3, -0.25) is 4.79 Å². The lowest BCUT2D eigenvalue weighted by Gasteiger charge is -2.09. The fraction of sp³-hybridized carbons (Fsp3) is 0.333. The van der Waals surface area contributed by atoms with Gasteiger partial charge in [-0.25, -0.2) is 4.79 Å². The van der Waals surface area contributed by atoms with Crippen molar-refractivity contribution in [1.82, 2.24) is 5.32 Å². The number of ether oxygens (including phenoxy) is 1. The molecule has 1 heterocycles. The molecule has 1 aromatic rings. The Morgan fingerprint density at radius 1 is 1.61 bits per heavy atom. The molecule has 18 heavy (non-hydrogen) atoms. The fourth-order valence-electron chi connectivity index (χ4n) is 1.13. The number of rotatable bonds is 6. The highest BCUT2D eigenvalue weighted by Crippen LogP contribution is 2.16. The molecule has 0 spiro atoms. The number of carbonyl (C=O) groups excluding carboxylic acids is 1. The van der Waals surface area contributed by atoms with Gasteiger partial charge in [0.05, 0.1) is 11.7 Å². The molecule has 1 atom stereocenters. The van der Waals surface area contributed by atoms with Crippen molar-refractivity contribution in [2.24, 2.45) is 0 Å². The molecule has 98 valence electrons. The highest BCUT2D eigenvalue weighted by molar-refractivity contribution is 7.11. The van der Waals surface area contributed by atoms with E-state index in [0.717, 1.165) is 11.0 Å². The molecular weight excluding hydrogens is 254 g/mol. The van der Waals surface area contributed by atoms with Crippen LogP contribution in [-0.2, 0) is 9.53 Å². The van der Waals surface area contributed by atoms with E-state index in [1.807, 2.05) is 6.92 Å². The van der Waals surface area contributed by atoms with Crippen LogP contribution in [0.4, 0.5) is 0 Å². The summed E-state index contributed by atoms with van der Waals surface area (Å²) < 4.78 is 5.02. The number of methoxy groups -OCH3 is 1. The van der Waals surface area contributed by atoms with Crippen molar-refractivity contribution in [1.29, 1.82) is 0 Å². The molecule has 0 radical (unpaired) electrons. The number of thiophene rings is 1. The van der Waals surface area contributed by atoms with Gasteiger partial charge in [0.1, 0.15) is 0 Å². The number of aliphatic carboxylic acids is 1. The van der Waals surface area contributed by atoms with Crippen LogP contribution in [0.2, 0.25) is 0 Å². The summed E-state index contributed by atoms with van der Waals surface area (Å²) >= 11 is 1.32. The first-order chi connectivity index (χ1) is 8.52. The maximum atomic E-state index is 11.7. The van der Waals surface area contributed by atoms with Crippen LogP contribution < -0.4 is 5.32 Å². The van der Waals surface area contributed by atoms with Gasteiger partial charge in [-0.05, 0) is 19.1 Å². The lowest BCUT2D eigenvalue weighted by atomic mass is 10.2. The molecule has 2 N–H and O–H groups in total. The highest BCUT2D eigenvalue weighted by atomic mass is 32.1. The van der Waals surface area contributed by atoms with Crippen LogP contribution in [0.5, 0.6) is 0 Å². The Morgan fingerprint density at radius 2 is 2.33 bits per heavy atom. The smallest absolute Gasteiger partial charge is 0.328 e. The van der Waals surface area contributed by atoms with E-state index in [1.54, 1.807) is 18.6 Å². The molecule has 0 aliphatic heterocycles. The third-order valence-electron chi connectivity index (χ3n) is 2.22. The van der Waals surface area contributed by atoms with Crippen LogP contribution in [0.25, 0.3) is 6.08 Å².